The molecule has 0 aromatic heterocycles. The number of benzene rings is 2. The van der Waals surface area contributed by atoms with E-state index in [4.69, 9.17) is 5.73 Å². The van der Waals surface area contributed by atoms with Gasteiger partial charge in [0.25, 0.3) is 0 Å². The van der Waals surface area contributed by atoms with Gasteiger partial charge in [-0.05, 0) is 11.6 Å². The van der Waals surface area contributed by atoms with Crippen LogP contribution in [0.2, 0.25) is 0 Å². The molecule has 0 aliphatic heterocycles. The minimum absolute atomic E-state index is 0. The second-order valence-electron chi connectivity index (χ2n) is 2.95. The summed E-state index contributed by atoms with van der Waals surface area (Å²) in [5.74, 6) is 0. The Kier molecular flexibility index (Phi) is 6.28. The third-order valence-corrected chi connectivity index (χ3v) is 2.05. The number of nitrogen functional groups attached to an aromatic ring is 1. The summed E-state index contributed by atoms with van der Waals surface area (Å²) in [6.45, 7) is 0. The molecule has 2 rings (SSSR count). The van der Waals surface area contributed by atoms with Crippen molar-refractivity contribution in [2.24, 2.45) is 0 Å². The normalized spacial score (nSPS) is 8.53. The fourth-order valence-electron chi connectivity index (χ4n) is 1.38. The molecule has 1 nitrogen and oxygen atoms in total. The molecule has 0 spiro atoms. The van der Waals surface area contributed by atoms with Gasteiger partial charge in [-0.3, -0.25) is 0 Å². The van der Waals surface area contributed by atoms with Crippen LogP contribution in [0.5, 0.6) is 0 Å². The van der Waals surface area contributed by atoms with E-state index in [1.165, 1.54) is 5.56 Å². The van der Waals surface area contributed by atoms with Gasteiger partial charge in [0.05, 0.1) is 0 Å². The summed E-state index contributed by atoms with van der Waals surface area (Å²) in [4.78, 5) is 0. The molecule has 0 amide bonds. The Morgan fingerprint density at radius 3 is 1.87 bits per heavy atom. The van der Waals surface area contributed by atoms with Crippen LogP contribution >= 0.6 is 12.4 Å². The quantitative estimate of drug-likeness (QED) is 0.634. The molecule has 0 bridgehead atoms. The van der Waals surface area contributed by atoms with Gasteiger partial charge in [-0.1, -0.05) is 48.5 Å². The van der Waals surface area contributed by atoms with Crippen molar-refractivity contribution in [3.8, 4) is 11.1 Å². The number of rotatable bonds is 1. The van der Waals surface area contributed by atoms with E-state index in [-0.39, 0.29) is 32.8 Å². The second-order valence-corrected chi connectivity index (χ2v) is 2.95. The molecule has 15 heavy (non-hydrogen) atoms. The SMILES string of the molecule is Cl.Nc1ccccc1-c1ccccc1.[Pd]. The van der Waals surface area contributed by atoms with Crippen LogP contribution in [0.1, 0.15) is 0 Å². The average Bonchev–Trinajstić information content (AvgIpc) is 2.20. The van der Waals surface area contributed by atoms with Gasteiger partial charge in [-0.2, -0.15) is 0 Å². The third-order valence-electron chi connectivity index (χ3n) is 2.05. The van der Waals surface area contributed by atoms with Crippen molar-refractivity contribution in [2.75, 3.05) is 5.73 Å². The Morgan fingerprint density at radius 2 is 1.27 bits per heavy atom. The molecule has 0 aliphatic carbocycles. The Bertz CT molecular complexity index is 403. The Hall–Kier alpha value is -0.808. The molecule has 3 heteroatoms. The molecule has 0 saturated carbocycles. The van der Waals surface area contributed by atoms with E-state index in [0.29, 0.717) is 0 Å². The van der Waals surface area contributed by atoms with Crippen LogP contribution in [-0.2, 0) is 20.4 Å². The van der Waals surface area contributed by atoms with Crippen LogP contribution < -0.4 is 5.73 Å². The van der Waals surface area contributed by atoms with E-state index in [1.54, 1.807) is 0 Å². The van der Waals surface area contributed by atoms with Crippen molar-refractivity contribution in [3.63, 3.8) is 0 Å². The summed E-state index contributed by atoms with van der Waals surface area (Å²) in [7, 11) is 0. The van der Waals surface area contributed by atoms with Crippen LogP contribution in [0.15, 0.2) is 54.6 Å². The molecule has 0 aliphatic rings. The van der Waals surface area contributed by atoms with E-state index >= 15 is 0 Å². The molecule has 2 aromatic rings. The molecule has 0 saturated heterocycles. The molecule has 82 valence electrons. The molecule has 0 radical (unpaired) electrons. The van der Waals surface area contributed by atoms with Crippen LogP contribution in [0.3, 0.4) is 0 Å². The summed E-state index contributed by atoms with van der Waals surface area (Å²) in [6, 6.07) is 18.1. The fourth-order valence-corrected chi connectivity index (χ4v) is 1.38. The van der Waals surface area contributed by atoms with Crippen molar-refractivity contribution in [1.29, 1.82) is 0 Å². The Morgan fingerprint density at radius 1 is 0.733 bits per heavy atom. The van der Waals surface area contributed by atoms with Crippen molar-refractivity contribution >= 4 is 18.1 Å². The summed E-state index contributed by atoms with van der Waals surface area (Å²) in [5, 5.41) is 0. The van der Waals surface area contributed by atoms with Gasteiger partial charge < -0.3 is 5.73 Å². The maximum atomic E-state index is 5.85. The van der Waals surface area contributed by atoms with E-state index in [1.807, 2.05) is 42.5 Å². The van der Waals surface area contributed by atoms with Crippen LogP contribution in [0.25, 0.3) is 11.1 Å². The minimum Gasteiger partial charge on any atom is -0.398 e. The summed E-state index contributed by atoms with van der Waals surface area (Å²) in [6.07, 6.45) is 0. The smallest absolute Gasteiger partial charge is 0.0393 e. The average molecular weight is 312 g/mol. The van der Waals surface area contributed by atoms with Crippen molar-refractivity contribution in [1.82, 2.24) is 0 Å². The Balaban J connectivity index is 0.000000980. The first-order valence-electron chi connectivity index (χ1n) is 4.28. The minimum atomic E-state index is 0. The molecule has 0 unspecified atom stereocenters. The number of hydrogen-bond donors (Lipinski definition) is 1. The second kappa shape index (κ2) is 6.63. The monoisotopic (exact) mass is 311 g/mol. The third kappa shape index (κ3) is 3.36. The van der Waals surface area contributed by atoms with Gasteiger partial charge in [0.1, 0.15) is 0 Å². The topological polar surface area (TPSA) is 26.0 Å². The first-order chi connectivity index (χ1) is 6.38. The zero-order valence-corrected chi connectivity index (χ0v) is 10.4. The number of anilines is 1. The van der Waals surface area contributed by atoms with Gasteiger partial charge >= 0.3 is 0 Å². The molecular weight excluding hydrogens is 300 g/mol. The molecule has 0 atom stereocenters. The van der Waals surface area contributed by atoms with E-state index in [2.05, 4.69) is 12.1 Å². The van der Waals surface area contributed by atoms with E-state index < -0.39 is 0 Å². The van der Waals surface area contributed by atoms with Crippen molar-refractivity contribution in [3.05, 3.63) is 54.6 Å². The zero-order chi connectivity index (χ0) is 9.10. The van der Waals surface area contributed by atoms with Crippen LogP contribution in [0.4, 0.5) is 5.69 Å². The van der Waals surface area contributed by atoms with Crippen LogP contribution in [0, 0.1) is 0 Å². The van der Waals surface area contributed by atoms with E-state index in [9.17, 15) is 0 Å². The van der Waals surface area contributed by atoms with Crippen molar-refractivity contribution < 1.29 is 20.4 Å². The summed E-state index contributed by atoms with van der Waals surface area (Å²) < 4.78 is 0. The van der Waals surface area contributed by atoms with Gasteiger partial charge in [-0.25, -0.2) is 0 Å². The summed E-state index contributed by atoms with van der Waals surface area (Å²) >= 11 is 0. The van der Waals surface area contributed by atoms with E-state index in [0.717, 1.165) is 11.3 Å². The fraction of sp³-hybridized carbons (Fsp3) is 0. The predicted molar refractivity (Wildman–Crippen MR) is 63.5 cm³/mol. The molecule has 2 aromatic carbocycles. The number of hydrogen-bond acceptors (Lipinski definition) is 1. The maximum Gasteiger partial charge on any atom is 0.0393 e. The standard InChI is InChI=1S/C12H11N.ClH.Pd/c13-12-9-5-4-8-11(12)10-6-2-1-3-7-10;;/h1-9H,13H2;1H;. The number of nitrogens with two attached hydrogens (primary N) is 1. The molecular formula is C12H12ClNPd. The zero-order valence-electron chi connectivity index (χ0n) is 8.00. The molecule has 0 fully saturated rings. The van der Waals surface area contributed by atoms with Crippen LogP contribution in [-0.4, -0.2) is 0 Å². The predicted octanol–water partition coefficient (Wildman–Crippen LogP) is 3.36. The van der Waals surface area contributed by atoms with Gasteiger partial charge in [0, 0.05) is 31.7 Å². The maximum absolute atomic E-state index is 5.85. The van der Waals surface area contributed by atoms with Gasteiger partial charge in [0.15, 0.2) is 0 Å². The first-order valence-corrected chi connectivity index (χ1v) is 4.28. The summed E-state index contributed by atoms with van der Waals surface area (Å²) in [5.41, 5.74) is 8.95. The molecule has 0 heterocycles. The largest absolute Gasteiger partial charge is 0.398 e. The van der Waals surface area contributed by atoms with Crippen molar-refractivity contribution in [2.45, 2.75) is 0 Å². The molecule has 2 N–H and O–H groups in total. The Labute approximate surface area is 110 Å². The first kappa shape index (κ1) is 14.2. The number of para-hydroxylation sites is 1. The van der Waals surface area contributed by atoms with Gasteiger partial charge in [0.2, 0.25) is 0 Å². The number of halogens is 1. The van der Waals surface area contributed by atoms with Gasteiger partial charge in [-0.15, -0.1) is 12.4 Å².